The molecule has 1 spiro atoms. The van der Waals surface area contributed by atoms with E-state index in [0.29, 0.717) is 16.5 Å². The van der Waals surface area contributed by atoms with Crippen LogP contribution in [0.3, 0.4) is 0 Å². The number of hydrogen-bond acceptors (Lipinski definition) is 6. The Morgan fingerprint density at radius 2 is 1.95 bits per heavy atom. The Hall–Kier alpha value is -1.89. The Kier molecular flexibility index (Phi) is 2.84. The molecule has 1 unspecified atom stereocenters. The molecule has 1 aromatic heterocycles. The van der Waals surface area contributed by atoms with E-state index in [9.17, 15) is 9.90 Å². The summed E-state index contributed by atoms with van der Waals surface area (Å²) in [7, 11) is 1.55. The van der Waals surface area contributed by atoms with E-state index >= 15 is 0 Å². The lowest BCUT2D eigenvalue weighted by atomic mass is 9.82. The van der Waals surface area contributed by atoms with Crippen molar-refractivity contribution in [2.75, 3.05) is 7.11 Å². The van der Waals surface area contributed by atoms with E-state index in [0.717, 1.165) is 25.7 Å². The summed E-state index contributed by atoms with van der Waals surface area (Å²) in [6.45, 7) is 0. The zero-order valence-corrected chi connectivity index (χ0v) is 12.1. The zero-order chi connectivity index (χ0) is 15.4. The molecule has 1 saturated heterocycles. The van der Waals surface area contributed by atoms with Crippen molar-refractivity contribution in [3.63, 3.8) is 0 Å². The molecule has 0 radical (unpaired) electrons. The van der Waals surface area contributed by atoms with Gasteiger partial charge in [-0.3, -0.25) is 0 Å². The van der Waals surface area contributed by atoms with Crippen molar-refractivity contribution in [1.29, 1.82) is 0 Å². The molecule has 1 saturated carbocycles. The summed E-state index contributed by atoms with van der Waals surface area (Å²) >= 11 is 0. The fourth-order valence-electron chi connectivity index (χ4n) is 3.65. The maximum atomic E-state index is 11.4. The summed E-state index contributed by atoms with van der Waals surface area (Å²) in [5.74, 6) is -1.11. The number of hydrogen-bond donors (Lipinski definition) is 1. The molecule has 6 heteroatoms. The minimum Gasteiger partial charge on any atom is -0.508 e. The third kappa shape index (κ3) is 1.63. The summed E-state index contributed by atoms with van der Waals surface area (Å²) in [5, 5.41) is 10.7. The zero-order valence-electron chi connectivity index (χ0n) is 12.1. The third-order valence-electron chi connectivity index (χ3n) is 4.70. The number of fused-ring (bicyclic) bond motifs is 1. The van der Waals surface area contributed by atoms with Gasteiger partial charge in [0.05, 0.1) is 0 Å². The van der Waals surface area contributed by atoms with Gasteiger partial charge in [-0.25, -0.2) is 9.68 Å². The van der Waals surface area contributed by atoms with E-state index in [2.05, 4.69) is 0 Å². The minimum absolute atomic E-state index is 0.0167. The summed E-state index contributed by atoms with van der Waals surface area (Å²) in [5.41, 5.74) is -0.125. The first kappa shape index (κ1) is 13.8. The smallest absolute Gasteiger partial charge is 0.336 e. The number of phenolic OH excluding ortho intramolecular Hbond substituents is 1. The number of aromatic hydroxyl groups is 1. The molecular formula is C16H16O6. The van der Waals surface area contributed by atoms with Gasteiger partial charge in [-0.05, 0) is 25.0 Å². The van der Waals surface area contributed by atoms with Gasteiger partial charge >= 0.3 is 5.63 Å². The van der Waals surface area contributed by atoms with Crippen molar-refractivity contribution in [3.8, 4) is 5.75 Å². The molecular weight excluding hydrogens is 288 g/mol. The van der Waals surface area contributed by atoms with Crippen LogP contribution in [-0.2, 0) is 20.3 Å². The number of phenols is 1. The molecule has 2 aromatic rings. The lowest BCUT2D eigenvalue weighted by molar-refractivity contribution is -0.617. The van der Waals surface area contributed by atoms with E-state index in [1.807, 2.05) is 0 Å². The molecule has 1 aliphatic carbocycles. The second kappa shape index (κ2) is 4.55. The van der Waals surface area contributed by atoms with Gasteiger partial charge in [0, 0.05) is 30.2 Å². The van der Waals surface area contributed by atoms with E-state index in [1.54, 1.807) is 19.2 Å². The summed E-state index contributed by atoms with van der Waals surface area (Å²) in [4.78, 5) is 22.3. The van der Waals surface area contributed by atoms with Crippen molar-refractivity contribution in [2.45, 2.75) is 37.1 Å². The van der Waals surface area contributed by atoms with Crippen LogP contribution in [0.1, 0.15) is 31.2 Å². The average Bonchev–Trinajstić information content (AvgIpc) is 2.98. The Labute approximate surface area is 126 Å². The van der Waals surface area contributed by atoms with Crippen molar-refractivity contribution in [2.24, 2.45) is 0 Å². The normalized spacial score (nSPS) is 26.4. The summed E-state index contributed by atoms with van der Waals surface area (Å²) in [6.07, 6.45) is 3.68. The molecule has 22 heavy (non-hydrogen) atoms. The van der Waals surface area contributed by atoms with Crippen LogP contribution in [0.4, 0.5) is 0 Å². The maximum absolute atomic E-state index is 11.4. The highest BCUT2D eigenvalue weighted by atomic mass is 17.3. The highest BCUT2D eigenvalue weighted by Gasteiger charge is 2.67. The molecule has 1 aromatic carbocycles. The van der Waals surface area contributed by atoms with Gasteiger partial charge in [0.15, 0.2) is 5.60 Å². The third-order valence-corrected chi connectivity index (χ3v) is 4.70. The van der Waals surface area contributed by atoms with Crippen molar-refractivity contribution >= 4 is 11.0 Å². The molecule has 2 fully saturated rings. The molecule has 1 atom stereocenters. The quantitative estimate of drug-likeness (QED) is 0.678. The van der Waals surface area contributed by atoms with Crippen LogP contribution in [0, 0.1) is 0 Å². The highest BCUT2D eigenvalue weighted by Crippen LogP contribution is 2.58. The van der Waals surface area contributed by atoms with Crippen LogP contribution >= 0.6 is 0 Å². The predicted octanol–water partition coefficient (Wildman–Crippen LogP) is 2.57. The molecule has 2 aliphatic rings. The van der Waals surface area contributed by atoms with E-state index in [4.69, 9.17) is 18.9 Å². The lowest BCUT2D eigenvalue weighted by Crippen LogP contribution is -2.64. The van der Waals surface area contributed by atoms with E-state index in [1.165, 1.54) is 12.1 Å². The average molecular weight is 304 g/mol. The Balaban J connectivity index is 1.98. The minimum atomic E-state index is -1.10. The van der Waals surface area contributed by atoms with Gasteiger partial charge in [0.25, 0.3) is 5.79 Å². The van der Waals surface area contributed by atoms with Gasteiger partial charge < -0.3 is 14.3 Å². The Morgan fingerprint density at radius 1 is 1.18 bits per heavy atom. The predicted molar refractivity (Wildman–Crippen MR) is 76.2 cm³/mol. The van der Waals surface area contributed by atoms with Crippen LogP contribution in [-0.4, -0.2) is 17.8 Å². The summed E-state index contributed by atoms with van der Waals surface area (Å²) in [6, 6.07) is 5.98. The second-order valence-corrected chi connectivity index (χ2v) is 5.85. The van der Waals surface area contributed by atoms with Crippen LogP contribution in [0.25, 0.3) is 11.0 Å². The standard InChI is InChI=1S/C16H16O6/c1-19-16(15(21-22-16)6-2-3-7-15)12-8-10(17)9-13-11(12)4-5-14(18)20-13/h4-5,8-9,17H,2-3,6-7H2,1H3. The molecule has 116 valence electrons. The lowest BCUT2D eigenvalue weighted by Gasteiger charge is -2.53. The molecule has 1 N–H and O–H groups in total. The Morgan fingerprint density at radius 3 is 2.59 bits per heavy atom. The number of benzene rings is 1. The number of methoxy groups -OCH3 is 1. The number of ether oxygens (including phenoxy) is 1. The second-order valence-electron chi connectivity index (χ2n) is 5.85. The van der Waals surface area contributed by atoms with Gasteiger partial charge in [-0.1, -0.05) is 12.8 Å². The Bertz CT molecular complexity index is 785. The van der Waals surface area contributed by atoms with Gasteiger partial charge in [0.2, 0.25) is 0 Å². The molecule has 4 rings (SSSR count). The largest absolute Gasteiger partial charge is 0.508 e. The van der Waals surface area contributed by atoms with Crippen LogP contribution in [0.2, 0.25) is 0 Å². The van der Waals surface area contributed by atoms with Crippen LogP contribution in [0.5, 0.6) is 5.75 Å². The number of rotatable bonds is 2. The maximum Gasteiger partial charge on any atom is 0.336 e. The first-order valence-electron chi connectivity index (χ1n) is 7.30. The first-order valence-corrected chi connectivity index (χ1v) is 7.30. The molecule has 6 nitrogen and oxygen atoms in total. The van der Waals surface area contributed by atoms with Crippen molar-refractivity contribution < 1.29 is 24.0 Å². The fourth-order valence-corrected chi connectivity index (χ4v) is 3.65. The van der Waals surface area contributed by atoms with Gasteiger partial charge in [-0.2, -0.15) is 4.89 Å². The van der Waals surface area contributed by atoms with Crippen molar-refractivity contribution in [1.82, 2.24) is 0 Å². The topological polar surface area (TPSA) is 78.1 Å². The van der Waals surface area contributed by atoms with E-state index < -0.39 is 17.0 Å². The molecule has 0 bridgehead atoms. The van der Waals surface area contributed by atoms with Gasteiger partial charge in [0.1, 0.15) is 11.3 Å². The fraction of sp³-hybridized carbons (Fsp3) is 0.438. The first-order chi connectivity index (χ1) is 10.6. The molecule has 2 heterocycles. The molecule has 1 aliphatic heterocycles. The van der Waals surface area contributed by atoms with Crippen LogP contribution < -0.4 is 5.63 Å². The highest BCUT2D eigenvalue weighted by molar-refractivity contribution is 5.83. The monoisotopic (exact) mass is 304 g/mol. The van der Waals surface area contributed by atoms with Gasteiger partial charge in [-0.15, -0.1) is 0 Å². The van der Waals surface area contributed by atoms with E-state index in [-0.39, 0.29) is 5.75 Å². The molecule has 0 amide bonds. The SMILES string of the molecule is COC1(c2cc(O)cc3oc(=O)ccc23)OOC12CCCC2. The van der Waals surface area contributed by atoms with Crippen molar-refractivity contribution in [3.05, 3.63) is 40.2 Å². The van der Waals surface area contributed by atoms with Crippen LogP contribution in [0.15, 0.2) is 33.5 Å². The summed E-state index contributed by atoms with van der Waals surface area (Å²) < 4.78 is 10.9.